The van der Waals surface area contributed by atoms with Crippen molar-refractivity contribution < 1.29 is 14.0 Å². The van der Waals surface area contributed by atoms with Crippen LogP contribution < -0.4 is 5.32 Å². The number of unbranched alkanes of at least 4 members (excludes halogenated alkanes) is 2. The van der Waals surface area contributed by atoms with Crippen molar-refractivity contribution >= 4 is 51.9 Å². The van der Waals surface area contributed by atoms with Crippen LogP contribution in [-0.4, -0.2) is 27.6 Å². The van der Waals surface area contributed by atoms with Crippen molar-refractivity contribution in [1.82, 2.24) is 4.90 Å². The van der Waals surface area contributed by atoms with E-state index in [1.165, 1.54) is 23.9 Å². The summed E-state index contributed by atoms with van der Waals surface area (Å²) >= 11 is 6.60. The second-order valence-corrected chi connectivity index (χ2v) is 8.73. The summed E-state index contributed by atoms with van der Waals surface area (Å²) in [6.07, 6.45) is 4.52. The molecule has 3 rings (SSSR count). The molecule has 7 heteroatoms. The topological polar surface area (TPSA) is 49.4 Å². The maximum atomic E-state index is 13.0. The molecule has 1 aliphatic rings. The van der Waals surface area contributed by atoms with E-state index >= 15 is 0 Å². The first-order chi connectivity index (χ1) is 14.4. The summed E-state index contributed by atoms with van der Waals surface area (Å²) in [5.74, 6) is -0.434. The Morgan fingerprint density at radius 3 is 2.60 bits per heavy atom. The minimum Gasteiger partial charge on any atom is -0.326 e. The lowest BCUT2D eigenvalue weighted by Crippen LogP contribution is -2.29. The molecule has 2 aromatic carbocycles. The Kier molecular flexibility index (Phi) is 7.76. The summed E-state index contributed by atoms with van der Waals surface area (Å²) in [6.45, 7) is 2.49. The van der Waals surface area contributed by atoms with Gasteiger partial charge >= 0.3 is 0 Å². The number of thioether (sulfide) groups is 1. The number of aryl methyl sites for hydroxylation is 1. The highest BCUT2D eigenvalue weighted by Gasteiger charge is 2.31. The zero-order valence-electron chi connectivity index (χ0n) is 16.7. The van der Waals surface area contributed by atoms with Crippen molar-refractivity contribution in [2.75, 3.05) is 11.9 Å². The maximum absolute atomic E-state index is 13.0. The van der Waals surface area contributed by atoms with Gasteiger partial charge in [-0.15, -0.1) is 0 Å². The van der Waals surface area contributed by atoms with Crippen molar-refractivity contribution in [1.29, 1.82) is 0 Å². The SMILES string of the molecule is Cc1ccccc1NC(=O)CCCCCN1C(=O)/C(=C/c2ccc(F)cc2)SC1=S. The monoisotopic (exact) mass is 442 g/mol. The number of halogens is 1. The molecule has 1 heterocycles. The van der Waals surface area contributed by atoms with E-state index in [4.69, 9.17) is 12.2 Å². The number of carbonyl (C=O) groups excluding carboxylic acids is 2. The highest BCUT2D eigenvalue weighted by atomic mass is 32.2. The Balaban J connectivity index is 1.42. The fourth-order valence-corrected chi connectivity index (χ4v) is 4.37. The molecule has 4 nitrogen and oxygen atoms in total. The van der Waals surface area contributed by atoms with Crippen molar-refractivity contribution in [3.8, 4) is 0 Å². The Hall–Kier alpha value is -2.51. The second-order valence-electron chi connectivity index (χ2n) is 7.06. The molecule has 0 aliphatic carbocycles. The largest absolute Gasteiger partial charge is 0.326 e. The van der Waals surface area contributed by atoms with Gasteiger partial charge in [-0.1, -0.05) is 60.7 Å². The lowest BCUT2D eigenvalue weighted by Gasteiger charge is -2.14. The molecule has 0 unspecified atom stereocenters. The zero-order chi connectivity index (χ0) is 21.5. The number of anilines is 1. The van der Waals surface area contributed by atoms with E-state index in [9.17, 15) is 14.0 Å². The predicted octanol–water partition coefficient (Wildman–Crippen LogP) is 5.53. The van der Waals surface area contributed by atoms with Gasteiger partial charge in [-0.05, 0) is 55.2 Å². The van der Waals surface area contributed by atoms with Crippen molar-refractivity contribution in [3.63, 3.8) is 0 Å². The molecule has 1 aliphatic heterocycles. The summed E-state index contributed by atoms with van der Waals surface area (Å²) in [5, 5.41) is 2.93. The number of rotatable bonds is 8. The first-order valence-electron chi connectivity index (χ1n) is 9.80. The fourth-order valence-electron chi connectivity index (χ4n) is 3.06. The zero-order valence-corrected chi connectivity index (χ0v) is 18.3. The summed E-state index contributed by atoms with van der Waals surface area (Å²) in [7, 11) is 0. The van der Waals surface area contributed by atoms with Gasteiger partial charge < -0.3 is 5.32 Å². The van der Waals surface area contributed by atoms with E-state index in [0.717, 1.165) is 36.1 Å². The minimum atomic E-state index is -0.313. The van der Waals surface area contributed by atoms with Gasteiger partial charge in [0.15, 0.2) is 0 Å². The van der Waals surface area contributed by atoms with Gasteiger partial charge in [0.05, 0.1) is 4.91 Å². The van der Waals surface area contributed by atoms with Crippen molar-refractivity contribution in [3.05, 3.63) is 70.4 Å². The number of carbonyl (C=O) groups is 2. The number of benzene rings is 2. The predicted molar refractivity (Wildman–Crippen MR) is 125 cm³/mol. The number of thiocarbonyl (C=S) groups is 1. The van der Waals surface area contributed by atoms with E-state index in [1.807, 2.05) is 31.2 Å². The normalized spacial score (nSPS) is 15.1. The maximum Gasteiger partial charge on any atom is 0.266 e. The molecule has 1 saturated heterocycles. The van der Waals surface area contributed by atoms with Crippen molar-refractivity contribution in [2.24, 2.45) is 0 Å². The third-order valence-electron chi connectivity index (χ3n) is 4.75. The first kappa shape index (κ1) is 22.2. The molecule has 1 fully saturated rings. The molecule has 1 N–H and O–H groups in total. The molecule has 30 heavy (non-hydrogen) atoms. The highest BCUT2D eigenvalue weighted by Crippen LogP contribution is 2.32. The van der Waals surface area contributed by atoms with Crippen LogP contribution in [0.5, 0.6) is 0 Å². The van der Waals surface area contributed by atoms with Gasteiger partial charge in [-0.3, -0.25) is 14.5 Å². The number of hydrogen-bond donors (Lipinski definition) is 1. The smallest absolute Gasteiger partial charge is 0.266 e. The Bertz CT molecular complexity index is 973. The van der Waals surface area contributed by atoms with Crippen LogP contribution in [0.15, 0.2) is 53.4 Å². The van der Waals surface area contributed by atoms with E-state index in [0.29, 0.717) is 22.2 Å². The lowest BCUT2D eigenvalue weighted by molar-refractivity contribution is -0.122. The van der Waals surface area contributed by atoms with E-state index in [-0.39, 0.29) is 17.6 Å². The number of para-hydroxylation sites is 1. The lowest BCUT2D eigenvalue weighted by atomic mass is 10.1. The molecule has 0 bridgehead atoms. The molecule has 2 aromatic rings. The Labute approximate surface area is 185 Å². The van der Waals surface area contributed by atoms with E-state index in [2.05, 4.69) is 5.32 Å². The second kappa shape index (κ2) is 10.5. The number of hydrogen-bond acceptors (Lipinski definition) is 4. The molecule has 0 radical (unpaired) electrons. The standard InChI is InChI=1S/C23H23FN2O2S2/c1-16-7-4-5-8-19(16)25-21(27)9-3-2-6-14-26-22(28)20(30-23(26)29)15-17-10-12-18(24)13-11-17/h4-5,7-8,10-13,15H,2-3,6,9,14H2,1H3,(H,25,27)/b20-15-. The number of nitrogens with zero attached hydrogens (tertiary/aromatic N) is 1. The third kappa shape index (κ3) is 6.00. The van der Waals surface area contributed by atoms with Gasteiger partial charge in [-0.2, -0.15) is 0 Å². The quantitative estimate of drug-likeness (QED) is 0.332. The van der Waals surface area contributed by atoms with Crippen LogP contribution in [0.4, 0.5) is 10.1 Å². The summed E-state index contributed by atoms with van der Waals surface area (Å²) < 4.78 is 13.6. The Morgan fingerprint density at radius 2 is 1.87 bits per heavy atom. The first-order valence-corrected chi connectivity index (χ1v) is 11.0. The van der Waals surface area contributed by atoms with Gasteiger partial charge in [0.2, 0.25) is 5.91 Å². The van der Waals surface area contributed by atoms with E-state index in [1.54, 1.807) is 23.1 Å². The van der Waals surface area contributed by atoms with Crippen LogP contribution in [0.2, 0.25) is 0 Å². The molecule has 0 atom stereocenters. The minimum absolute atomic E-state index is 0.00265. The molecule has 0 saturated carbocycles. The molecule has 0 aromatic heterocycles. The highest BCUT2D eigenvalue weighted by molar-refractivity contribution is 8.26. The third-order valence-corrected chi connectivity index (χ3v) is 6.12. The van der Waals surface area contributed by atoms with Crippen LogP contribution in [0.25, 0.3) is 6.08 Å². The van der Waals surface area contributed by atoms with Crippen molar-refractivity contribution in [2.45, 2.75) is 32.6 Å². The molecular formula is C23H23FN2O2S2. The fraction of sp³-hybridized carbons (Fsp3) is 0.261. The van der Waals surface area contributed by atoms with Crippen LogP contribution in [0, 0.1) is 12.7 Å². The number of amides is 2. The average Bonchev–Trinajstić information content (AvgIpc) is 2.98. The van der Waals surface area contributed by atoms with Crippen LogP contribution in [-0.2, 0) is 9.59 Å². The Morgan fingerprint density at radius 1 is 1.13 bits per heavy atom. The summed E-state index contributed by atoms with van der Waals surface area (Å²) in [6, 6.07) is 13.7. The van der Waals surface area contributed by atoms with Crippen LogP contribution in [0.3, 0.4) is 0 Å². The molecule has 2 amide bonds. The van der Waals surface area contributed by atoms with Gasteiger partial charge in [0, 0.05) is 18.7 Å². The molecular weight excluding hydrogens is 419 g/mol. The van der Waals surface area contributed by atoms with Gasteiger partial charge in [0.1, 0.15) is 10.1 Å². The van der Waals surface area contributed by atoms with Crippen LogP contribution >= 0.6 is 24.0 Å². The van der Waals surface area contributed by atoms with Crippen LogP contribution in [0.1, 0.15) is 36.8 Å². The number of nitrogens with one attached hydrogen (secondary N) is 1. The summed E-state index contributed by atoms with van der Waals surface area (Å²) in [4.78, 5) is 26.8. The van der Waals surface area contributed by atoms with E-state index < -0.39 is 0 Å². The van der Waals surface area contributed by atoms with Gasteiger partial charge in [-0.25, -0.2) is 4.39 Å². The molecule has 156 valence electrons. The molecule has 0 spiro atoms. The summed E-state index contributed by atoms with van der Waals surface area (Å²) in [5.41, 5.74) is 2.64. The average molecular weight is 443 g/mol. The van der Waals surface area contributed by atoms with Gasteiger partial charge in [0.25, 0.3) is 5.91 Å².